The highest BCUT2D eigenvalue weighted by atomic mass is 35.5. The summed E-state index contributed by atoms with van der Waals surface area (Å²) < 4.78 is 10.5. The second kappa shape index (κ2) is 3.68. The molecule has 0 radical (unpaired) electrons. The van der Waals surface area contributed by atoms with Gasteiger partial charge in [-0.25, -0.2) is 0 Å². The summed E-state index contributed by atoms with van der Waals surface area (Å²) in [6, 6.07) is 0. The Kier molecular flexibility index (Phi) is 2.33. The predicted octanol–water partition coefficient (Wildman–Crippen LogP) is 1.80. The van der Waals surface area contributed by atoms with Crippen LogP contribution in [0.25, 0.3) is 0 Å². The summed E-state index contributed by atoms with van der Waals surface area (Å²) in [6.07, 6.45) is 4.08. The van der Waals surface area contributed by atoms with Crippen LogP contribution in [-0.2, 0) is 0 Å². The van der Waals surface area contributed by atoms with Gasteiger partial charge in [-0.15, -0.1) is 0 Å². The largest absolute Gasteiger partial charge is 0.469 e. The maximum atomic E-state index is 5.87. The molecule has 5 heteroatoms. The molecule has 15 heavy (non-hydrogen) atoms. The van der Waals surface area contributed by atoms with Crippen LogP contribution in [0.15, 0.2) is 10.8 Å². The molecule has 0 N–H and O–H groups in total. The van der Waals surface area contributed by atoms with Crippen molar-refractivity contribution in [3.8, 4) is 5.88 Å². The van der Waals surface area contributed by atoms with Gasteiger partial charge in [0.15, 0.2) is 0 Å². The molecule has 4 rings (SSSR count). The molecule has 0 saturated carbocycles. The van der Waals surface area contributed by atoms with Gasteiger partial charge in [-0.1, -0.05) is 11.6 Å². The van der Waals surface area contributed by atoms with Gasteiger partial charge in [-0.2, -0.15) is 0 Å². The van der Waals surface area contributed by atoms with E-state index < -0.39 is 0 Å². The van der Waals surface area contributed by atoms with Gasteiger partial charge < -0.3 is 9.26 Å². The molecule has 3 saturated heterocycles. The number of hydrogen-bond acceptors (Lipinski definition) is 4. The zero-order chi connectivity index (χ0) is 10.3. The van der Waals surface area contributed by atoms with Gasteiger partial charge in [0.05, 0.1) is 0 Å². The van der Waals surface area contributed by atoms with E-state index in [1.54, 1.807) is 0 Å². The molecule has 0 aromatic carbocycles. The van der Waals surface area contributed by atoms with Crippen molar-refractivity contribution in [1.82, 2.24) is 10.1 Å². The Hall–Kier alpha value is -0.740. The molecule has 3 aliphatic heterocycles. The lowest BCUT2D eigenvalue weighted by Crippen LogP contribution is -2.52. The number of piperidine rings is 3. The molecule has 4 nitrogen and oxygen atoms in total. The van der Waals surface area contributed by atoms with E-state index in [-0.39, 0.29) is 6.10 Å². The van der Waals surface area contributed by atoms with E-state index in [0.29, 0.717) is 16.8 Å². The Morgan fingerprint density at radius 1 is 1.47 bits per heavy atom. The van der Waals surface area contributed by atoms with Crippen LogP contribution < -0.4 is 4.74 Å². The molecule has 0 spiro atoms. The van der Waals surface area contributed by atoms with Gasteiger partial charge in [-0.05, 0) is 37.0 Å². The SMILES string of the molecule is Clc1conc1OC1CN2CCC1CC2. The monoisotopic (exact) mass is 228 g/mol. The van der Waals surface area contributed by atoms with E-state index in [0.717, 1.165) is 6.54 Å². The van der Waals surface area contributed by atoms with Gasteiger partial charge in [0.1, 0.15) is 17.4 Å². The summed E-state index contributed by atoms with van der Waals surface area (Å²) in [4.78, 5) is 2.43. The quantitative estimate of drug-likeness (QED) is 0.774. The fourth-order valence-electron chi connectivity index (χ4n) is 2.48. The van der Waals surface area contributed by atoms with Crippen molar-refractivity contribution < 1.29 is 9.26 Å². The van der Waals surface area contributed by atoms with E-state index in [2.05, 4.69) is 10.1 Å². The van der Waals surface area contributed by atoms with E-state index in [9.17, 15) is 0 Å². The zero-order valence-corrected chi connectivity index (χ0v) is 9.11. The minimum absolute atomic E-state index is 0.232. The molecule has 1 aromatic heterocycles. The van der Waals surface area contributed by atoms with Crippen LogP contribution in [0.5, 0.6) is 5.88 Å². The first-order valence-electron chi connectivity index (χ1n) is 5.32. The van der Waals surface area contributed by atoms with Crippen molar-refractivity contribution in [3.05, 3.63) is 11.3 Å². The minimum atomic E-state index is 0.232. The van der Waals surface area contributed by atoms with Gasteiger partial charge >= 0.3 is 0 Å². The Bertz CT molecular complexity index is 347. The first-order valence-corrected chi connectivity index (χ1v) is 5.69. The molecule has 3 aliphatic rings. The highest BCUT2D eigenvalue weighted by Crippen LogP contribution is 2.32. The molecule has 2 bridgehead atoms. The van der Waals surface area contributed by atoms with E-state index in [1.807, 2.05) is 0 Å². The number of hydrogen-bond donors (Lipinski definition) is 0. The molecule has 3 fully saturated rings. The van der Waals surface area contributed by atoms with Crippen molar-refractivity contribution >= 4 is 11.6 Å². The van der Waals surface area contributed by atoms with E-state index >= 15 is 0 Å². The normalized spacial score (nSPS) is 34.3. The van der Waals surface area contributed by atoms with Crippen molar-refractivity contribution in [1.29, 1.82) is 0 Å². The maximum Gasteiger partial charge on any atom is 0.273 e. The lowest BCUT2D eigenvalue weighted by atomic mass is 9.86. The van der Waals surface area contributed by atoms with Gasteiger partial charge in [0.25, 0.3) is 5.88 Å². The van der Waals surface area contributed by atoms with Crippen LogP contribution in [0.2, 0.25) is 5.02 Å². The predicted molar refractivity (Wildman–Crippen MR) is 55.1 cm³/mol. The van der Waals surface area contributed by atoms with Gasteiger partial charge in [0.2, 0.25) is 0 Å². The molecule has 1 aromatic rings. The molecule has 0 amide bonds. The Morgan fingerprint density at radius 3 is 2.80 bits per heavy atom. The topological polar surface area (TPSA) is 38.5 Å². The van der Waals surface area contributed by atoms with Gasteiger partial charge in [0, 0.05) is 6.54 Å². The number of aromatic nitrogens is 1. The fraction of sp³-hybridized carbons (Fsp3) is 0.700. The van der Waals surface area contributed by atoms with Crippen molar-refractivity contribution in [2.45, 2.75) is 18.9 Å². The fourth-order valence-corrected chi connectivity index (χ4v) is 2.60. The van der Waals surface area contributed by atoms with Crippen molar-refractivity contribution in [2.24, 2.45) is 5.92 Å². The number of halogens is 1. The molecule has 4 heterocycles. The van der Waals surface area contributed by atoms with Crippen LogP contribution in [0.3, 0.4) is 0 Å². The van der Waals surface area contributed by atoms with Crippen LogP contribution in [-0.4, -0.2) is 35.8 Å². The summed E-state index contributed by atoms with van der Waals surface area (Å²) in [5.74, 6) is 1.10. The Balaban J connectivity index is 1.71. The summed E-state index contributed by atoms with van der Waals surface area (Å²) in [5.41, 5.74) is 0. The third-order valence-corrected chi connectivity index (χ3v) is 3.61. The lowest BCUT2D eigenvalue weighted by Gasteiger charge is -2.43. The smallest absolute Gasteiger partial charge is 0.273 e. The summed E-state index contributed by atoms with van der Waals surface area (Å²) in [7, 11) is 0. The summed E-state index contributed by atoms with van der Waals surface area (Å²) >= 11 is 5.87. The number of rotatable bonds is 2. The average molecular weight is 229 g/mol. The number of nitrogens with zero attached hydrogens (tertiary/aromatic N) is 2. The molecule has 1 unspecified atom stereocenters. The van der Waals surface area contributed by atoms with Crippen LogP contribution in [0.4, 0.5) is 0 Å². The second-order valence-electron chi connectivity index (χ2n) is 4.26. The van der Waals surface area contributed by atoms with Crippen LogP contribution in [0, 0.1) is 5.92 Å². The minimum Gasteiger partial charge on any atom is -0.469 e. The highest BCUT2D eigenvalue weighted by Gasteiger charge is 2.36. The number of fused-ring (bicyclic) bond motifs is 3. The standard InChI is InChI=1S/C10H13ClN2O2/c11-8-6-14-12-10(8)15-9-5-13-3-1-7(9)2-4-13/h6-7,9H,1-5H2. The second-order valence-corrected chi connectivity index (χ2v) is 4.67. The third kappa shape index (κ3) is 1.72. The zero-order valence-electron chi connectivity index (χ0n) is 8.36. The highest BCUT2D eigenvalue weighted by molar-refractivity contribution is 6.31. The van der Waals surface area contributed by atoms with Gasteiger partial charge in [-0.3, -0.25) is 4.90 Å². The van der Waals surface area contributed by atoms with E-state index in [4.69, 9.17) is 20.9 Å². The van der Waals surface area contributed by atoms with Crippen molar-refractivity contribution in [3.63, 3.8) is 0 Å². The lowest BCUT2D eigenvalue weighted by molar-refractivity contribution is -0.0113. The van der Waals surface area contributed by atoms with Crippen LogP contribution >= 0.6 is 11.6 Å². The Morgan fingerprint density at radius 2 is 2.27 bits per heavy atom. The first-order chi connectivity index (χ1) is 7.33. The molecule has 1 atom stereocenters. The molecule has 82 valence electrons. The van der Waals surface area contributed by atoms with E-state index in [1.165, 1.54) is 32.2 Å². The molecular weight excluding hydrogens is 216 g/mol. The third-order valence-electron chi connectivity index (χ3n) is 3.36. The summed E-state index contributed by atoms with van der Waals surface area (Å²) in [5, 5.41) is 4.21. The average Bonchev–Trinajstić information content (AvgIpc) is 2.66. The van der Waals surface area contributed by atoms with Crippen molar-refractivity contribution in [2.75, 3.05) is 19.6 Å². The first kappa shape index (κ1) is 9.48. The molecular formula is C10H13ClN2O2. The van der Waals surface area contributed by atoms with Crippen LogP contribution in [0.1, 0.15) is 12.8 Å². The maximum absolute atomic E-state index is 5.87. The summed E-state index contributed by atoms with van der Waals surface area (Å²) in [6.45, 7) is 3.40. The Labute approximate surface area is 93.1 Å². The number of ether oxygens (including phenoxy) is 1. The molecule has 0 aliphatic carbocycles.